The molecular weight excluding hydrogens is 280 g/mol. The van der Waals surface area contributed by atoms with Gasteiger partial charge in [-0.25, -0.2) is 9.59 Å². The average molecular weight is 294 g/mol. The number of thiophene rings is 1. The average Bonchev–Trinajstić information content (AvgIpc) is 3.01. The summed E-state index contributed by atoms with van der Waals surface area (Å²) in [4.78, 5) is 23.7. The first-order valence-corrected chi connectivity index (χ1v) is 6.72. The summed E-state index contributed by atoms with van der Waals surface area (Å²) < 4.78 is 0. The smallest absolute Gasteiger partial charge is 0.331 e. The Morgan fingerprint density at radius 3 is 2.70 bits per heavy atom. The minimum atomic E-state index is -1.11. The van der Waals surface area contributed by atoms with E-state index < -0.39 is 18.0 Å². The maximum atomic E-state index is 11.9. The van der Waals surface area contributed by atoms with Gasteiger partial charge in [-0.1, -0.05) is 6.07 Å². The molecule has 8 heteroatoms. The number of aromatic amines is 1. The molecule has 1 unspecified atom stereocenters. The van der Waals surface area contributed by atoms with Gasteiger partial charge in [-0.15, -0.1) is 11.3 Å². The summed E-state index contributed by atoms with van der Waals surface area (Å²) in [5.74, 6) is -1.11. The Hall–Kier alpha value is -2.35. The zero-order valence-corrected chi connectivity index (χ0v) is 11.7. The van der Waals surface area contributed by atoms with E-state index in [0.717, 1.165) is 0 Å². The number of carboxylic acids is 1. The molecule has 7 nitrogen and oxygen atoms in total. The van der Waals surface area contributed by atoms with Crippen molar-refractivity contribution in [3.05, 3.63) is 33.8 Å². The monoisotopic (exact) mass is 294 g/mol. The molecule has 0 aliphatic heterocycles. The number of aryl methyl sites for hydroxylation is 2. The van der Waals surface area contributed by atoms with Crippen LogP contribution in [0.2, 0.25) is 0 Å². The molecule has 106 valence electrons. The minimum absolute atomic E-state index is 0.554. The van der Waals surface area contributed by atoms with Crippen molar-refractivity contribution in [2.75, 3.05) is 5.32 Å². The Kier molecular flexibility index (Phi) is 4.04. The van der Waals surface area contributed by atoms with E-state index in [9.17, 15) is 14.7 Å². The second-order valence-electron chi connectivity index (χ2n) is 4.19. The van der Waals surface area contributed by atoms with Crippen LogP contribution in [-0.2, 0) is 4.79 Å². The Morgan fingerprint density at radius 1 is 1.45 bits per heavy atom. The molecule has 0 spiro atoms. The molecular formula is C12H14N4O3S. The lowest BCUT2D eigenvalue weighted by Gasteiger charge is -2.13. The number of nitrogens with zero attached hydrogens (tertiary/aromatic N) is 1. The molecule has 2 aromatic heterocycles. The number of carbonyl (C=O) groups is 2. The number of amides is 2. The van der Waals surface area contributed by atoms with Gasteiger partial charge in [0.25, 0.3) is 0 Å². The summed E-state index contributed by atoms with van der Waals surface area (Å²) in [6.07, 6.45) is 0. The number of urea groups is 1. The van der Waals surface area contributed by atoms with Gasteiger partial charge in [-0.3, -0.25) is 5.10 Å². The van der Waals surface area contributed by atoms with Gasteiger partial charge in [-0.2, -0.15) is 5.10 Å². The predicted octanol–water partition coefficient (Wildman–Crippen LogP) is 2.04. The lowest BCUT2D eigenvalue weighted by Crippen LogP contribution is -2.36. The van der Waals surface area contributed by atoms with Gasteiger partial charge in [0, 0.05) is 4.88 Å². The highest BCUT2D eigenvalue weighted by molar-refractivity contribution is 7.10. The number of carboxylic acid groups (broad SMARTS) is 1. The molecule has 20 heavy (non-hydrogen) atoms. The molecule has 0 saturated heterocycles. The van der Waals surface area contributed by atoms with E-state index in [1.807, 2.05) is 0 Å². The Labute approximate surface area is 119 Å². The van der Waals surface area contributed by atoms with Crippen LogP contribution in [0.5, 0.6) is 0 Å². The maximum Gasteiger partial charge on any atom is 0.331 e. The van der Waals surface area contributed by atoms with Crippen LogP contribution in [-0.4, -0.2) is 27.3 Å². The molecule has 0 bridgehead atoms. The van der Waals surface area contributed by atoms with Crippen LogP contribution in [0.1, 0.15) is 22.3 Å². The van der Waals surface area contributed by atoms with E-state index in [1.165, 1.54) is 11.3 Å². The zero-order chi connectivity index (χ0) is 14.7. The van der Waals surface area contributed by atoms with Crippen LogP contribution >= 0.6 is 11.3 Å². The predicted molar refractivity (Wildman–Crippen MR) is 74.9 cm³/mol. The summed E-state index contributed by atoms with van der Waals surface area (Å²) >= 11 is 1.27. The molecule has 2 aromatic rings. The van der Waals surface area contributed by atoms with Crippen LogP contribution in [0.25, 0.3) is 0 Å². The highest BCUT2D eigenvalue weighted by atomic mass is 32.1. The topological polar surface area (TPSA) is 107 Å². The molecule has 0 aliphatic rings. The molecule has 0 aliphatic carbocycles. The maximum absolute atomic E-state index is 11.9. The van der Waals surface area contributed by atoms with E-state index in [1.54, 1.807) is 31.4 Å². The molecule has 0 fully saturated rings. The summed E-state index contributed by atoms with van der Waals surface area (Å²) in [5.41, 5.74) is 1.90. The molecule has 0 saturated carbocycles. The first kappa shape index (κ1) is 14.1. The third-order valence-electron chi connectivity index (χ3n) is 2.72. The van der Waals surface area contributed by atoms with Crippen molar-refractivity contribution in [3.8, 4) is 0 Å². The van der Waals surface area contributed by atoms with Gasteiger partial charge >= 0.3 is 12.0 Å². The van der Waals surface area contributed by atoms with Gasteiger partial charge in [-0.05, 0) is 25.3 Å². The van der Waals surface area contributed by atoms with E-state index in [2.05, 4.69) is 20.8 Å². The molecule has 2 rings (SSSR count). The summed E-state index contributed by atoms with van der Waals surface area (Å²) in [5, 5.41) is 22.7. The fraction of sp³-hybridized carbons (Fsp3) is 0.250. The van der Waals surface area contributed by atoms with Gasteiger partial charge in [0.1, 0.15) is 0 Å². The van der Waals surface area contributed by atoms with Crippen LogP contribution in [0.3, 0.4) is 0 Å². The zero-order valence-electron chi connectivity index (χ0n) is 10.9. The number of carbonyl (C=O) groups excluding carboxylic acids is 1. The van der Waals surface area contributed by atoms with Gasteiger partial charge in [0.05, 0.1) is 17.1 Å². The third-order valence-corrected chi connectivity index (χ3v) is 3.65. The Bertz CT molecular complexity index is 601. The fourth-order valence-corrected chi connectivity index (χ4v) is 2.49. The van der Waals surface area contributed by atoms with Crippen molar-refractivity contribution in [1.29, 1.82) is 0 Å². The first-order chi connectivity index (χ1) is 9.49. The number of hydrogen-bond acceptors (Lipinski definition) is 4. The standard InChI is InChI=1S/C12H14N4O3S/c1-6-9(7(2)16-15-6)13-12(19)14-10(11(17)18)8-4-3-5-20-8/h3-5,10H,1-2H3,(H,15,16)(H,17,18)(H2,13,14,19). The number of aliphatic carboxylic acids is 1. The number of aromatic nitrogens is 2. The summed E-state index contributed by atoms with van der Waals surface area (Å²) in [7, 11) is 0. The third kappa shape index (κ3) is 2.97. The quantitative estimate of drug-likeness (QED) is 0.692. The van der Waals surface area contributed by atoms with Crippen LogP contribution in [0, 0.1) is 13.8 Å². The first-order valence-electron chi connectivity index (χ1n) is 5.84. The molecule has 2 heterocycles. The molecule has 0 radical (unpaired) electrons. The van der Waals surface area contributed by atoms with E-state index >= 15 is 0 Å². The van der Waals surface area contributed by atoms with E-state index in [-0.39, 0.29) is 0 Å². The second kappa shape index (κ2) is 5.74. The number of rotatable bonds is 4. The molecule has 1 atom stereocenters. The molecule has 2 amide bonds. The van der Waals surface area contributed by atoms with Crippen molar-refractivity contribution in [1.82, 2.24) is 15.5 Å². The van der Waals surface area contributed by atoms with Crippen molar-refractivity contribution >= 4 is 29.0 Å². The highest BCUT2D eigenvalue weighted by Crippen LogP contribution is 2.20. The normalized spacial score (nSPS) is 11.9. The van der Waals surface area contributed by atoms with Crippen LogP contribution < -0.4 is 10.6 Å². The van der Waals surface area contributed by atoms with Crippen molar-refractivity contribution < 1.29 is 14.7 Å². The molecule has 0 aromatic carbocycles. The van der Waals surface area contributed by atoms with Gasteiger partial charge in [0.15, 0.2) is 6.04 Å². The molecule has 4 N–H and O–H groups in total. The summed E-state index contributed by atoms with van der Waals surface area (Å²) in [6, 6.07) is 1.75. The number of nitrogens with one attached hydrogen (secondary N) is 3. The second-order valence-corrected chi connectivity index (χ2v) is 5.17. The lowest BCUT2D eigenvalue weighted by molar-refractivity contribution is -0.139. The van der Waals surface area contributed by atoms with E-state index in [4.69, 9.17) is 0 Å². The largest absolute Gasteiger partial charge is 0.479 e. The van der Waals surface area contributed by atoms with Gasteiger partial charge < -0.3 is 15.7 Å². The Morgan fingerprint density at radius 2 is 2.20 bits per heavy atom. The number of H-pyrrole nitrogens is 1. The van der Waals surface area contributed by atoms with Crippen molar-refractivity contribution in [2.24, 2.45) is 0 Å². The van der Waals surface area contributed by atoms with Crippen molar-refractivity contribution in [2.45, 2.75) is 19.9 Å². The van der Waals surface area contributed by atoms with Crippen LogP contribution in [0.15, 0.2) is 17.5 Å². The van der Waals surface area contributed by atoms with Crippen LogP contribution in [0.4, 0.5) is 10.5 Å². The summed E-state index contributed by atoms with van der Waals surface area (Å²) in [6.45, 7) is 3.51. The van der Waals surface area contributed by atoms with Gasteiger partial charge in [0.2, 0.25) is 0 Å². The fourth-order valence-electron chi connectivity index (χ4n) is 1.73. The highest BCUT2D eigenvalue weighted by Gasteiger charge is 2.23. The minimum Gasteiger partial charge on any atom is -0.479 e. The Balaban J connectivity index is 2.08. The SMILES string of the molecule is Cc1n[nH]c(C)c1NC(=O)NC(C(=O)O)c1cccs1. The lowest BCUT2D eigenvalue weighted by atomic mass is 10.2. The number of hydrogen-bond donors (Lipinski definition) is 4. The number of anilines is 1. The van der Waals surface area contributed by atoms with Crippen molar-refractivity contribution in [3.63, 3.8) is 0 Å². The van der Waals surface area contributed by atoms with E-state index in [0.29, 0.717) is 22.0 Å².